The summed E-state index contributed by atoms with van der Waals surface area (Å²) in [5.41, 5.74) is 4.00. The first-order valence-electron chi connectivity index (χ1n) is 13.1. The van der Waals surface area contributed by atoms with Gasteiger partial charge in [0.25, 0.3) is 0 Å². The number of allylic oxidation sites excluding steroid dienone is 3. The van der Waals surface area contributed by atoms with Gasteiger partial charge in [-0.15, -0.1) is 0 Å². The Balaban J connectivity index is 1.58. The molecule has 0 heterocycles. The van der Waals surface area contributed by atoms with Gasteiger partial charge in [-0.25, -0.2) is 0 Å². The van der Waals surface area contributed by atoms with Gasteiger partial charge in [0.1, 0.15) is 0 Å². The van der Waals surface area contributed by atoms with E-state index in [0.29, 0.717) is 11.3 Å². The monoisotopic (exact) mass is 412 g/mol. The Morgan fingerprint density at radius 2 is 1.63 bits per heavy atom. The Labute approximate surface area is 186 Å². The van der Waals surface area contributed by atoms with Crippen molar-refractivity contribution in [3.8, 4) is 0 Å². The maximum absolute atomic E-state index is 10.7. The molecule has 3 fully saturated rings. The lowest BCUT2D eigenvalue weighted by atomic mass is 9.46. The minimum absolute atomic E-state index is 0.0844. The first-order chi connectivity index (χ1) is 14.0. The highest BCUT2D eigenvalue weighted by Crippen LogP contribution is 2.67. The van der Waals surface area contributed by atoms with Crippen LogP contribution < -0.4 is 0 Å². The quantitative estimate of drug-likeness (QED) is 0.486. The molecular formula is C29H48O. The summed E-state index contributed by atoms with van der Waals surface area (Å²) in [6.07, 6.45) is 16.7. The van der Waals surface area contributed by atoms with E-state index >= 15 is 0 Å². The van der Waals surface area contributed by atoms with Gasteiger partial charge in [-0.1, -0.05) is 91.0 Å². The summed E-state index contributed by atoms with van der Waals surface area (Å²) in [6, 6.07) is 0. The van der Waals surface area contributed by atoms with Gasteiger partial charge >= 0.3 is 0 Å². The number of hydrogen-bond acceptors (Lipinski definition) is 1. The average Bonchev–Trinajstić information content (AvgIpc) is 3.02. The first kappa shape index (κ1) is 22.6. The van der Waals surface area contributed by atoms with Crippen molar-refractivity contribution in [3.05, 3.63) is 23.3 Å². The number of rotatable bonds is 5. The van der Waals surface area contributed by atoms with Crippen molar-refractivity contribution in [3.63, 3.8) is 0 Å². The Hall–Kier alpha value is -0.560. The lowest BCUT2D eigenvalue weighted by molar-refractivity contribution is -0.0173. The second kappa shape index (κ2) is 7.79. The molecule has 0 aliphatic heterocycles. The smallest absolute Gasteiger partial charge is 0.0628 e. The van der Waals surface area contributed by atoms with Gasteiger partial charge in [0, 0.05) is 5.41 Å². The fourth-order valence-corrected chi connectivity index (χ4v) is 8.73. The molecule has 30 heavy (non-hydrogen) atoms. The van der Waals surface area contributed by atoms with E-state index in [-0.39, 0.29) is 16.9 Å². The summed E-state index contributed by atoms with van der Waals surface area (Å²) in [7, 11) is 0. The van der Waals surface area contributed by atoms with Gasteiger partial charge in [0.05, 0.1) is 6.10 Å². The molecule has 0 aromatic heterocycles. The molecule has 4 rings (SSSR count). The number of aliphatic hydroxyl groups excluding tert-OH is 1. The normalized spacial score (nSPS) is 43.4. The summed E-state index contributed by atoms with van der Waals surface area (Å²) in [4.78, 5) is 0. The van der Waals surface area contributed by atoms with Crippen LogP contribution in [0, 0.1) is 45.8 Å². The van der Waals surface area contributed by atoms with Gasteiger partial charge in [-0.3, -0.25) is 0 Å². The molecule has 0 aromatic rings. The van der Waals surface area contributed by atoms with E-state index in [0.717, 1.165) is 36.5 Å². The first-order valence-corrected chi connectivity index (χ1v) is 13.1. The maximum atomic E-state index is 10.7. The zero-order valence-corrected chi connectivity index (χ0v) is 20.9. The largest absolute Gasteiger partial charge is 0.392 e. The molecule has 4 aliphatic rings. The molecule has 0 saturated heterocycles. The highest BCUT2D eigenvalue weighted by atomic mass is 16.3. The van der Waals surface area contributed by atoms with Crippen LogP contribution in [-0.4, -0.2) is 11.2 Å². The van der Waals surface area contributed by atoms with Crippen molar-refractivity contribution >= 4 is 0 Å². The van der Waals surface area contributed by atoms with Crippen LogP contribution in [0.3, 0.4) is 0 Å². The third kappa shape index (κ3) is 3.37. The molecule has 3 saturated carbocycles. The van der Waals surface area contributed by atoms with Crippen LogP contribution >= 0.6 is 0 Å². The maximum Gasteiger partial charge on any atom is 0.0628 e. The molecule has 0 bridgehead atoms. The third-order valence-corrected chi connectivity index (χ3v) is 10.6. The molecule has 7 unspecified atom stereocenters. The van der Waals surface area contributed by atoms with Crippen LogP contribution in [0.15, 0.2) is 23.3 Å². The summed E-state index contributed by atoms with van der Waals surface area (Å²) in [5.74, 6) is 4.10. The van der Waals surface area contributed by atoms with Crippen molar-refractivity contribution in [2.24, 2.45) is 45.8 Å². The van der Waals surface area contributed by atoms with Gasteiger partial charge < -0.3 is 5.11 Å². The average molecular weight is 413 g/mol. The molecule has 1 N–H and O–H groups in total. The predicted octanol–water partition coefficient (Wildman–Crippen LogP) is 7.94. The fourth-order valence-electron chi connectivity index (χ4n) is 8.73. The van der Waals surface area contributed by atoms with Gasteiger partial charge in [-0.05, 0) is 78.9 Å². The van der Waals surface area contributed by atoms with Crippen molar-refractivity contribution in [2.75, 3.05) is 0 Å². The molecule has 4 aliphatic carbocycles. The standard InChI is InChI=1S/C29H48O/c1-19(2)9-8-10-20(3)22-12-13-23-21-11-14-25-27(4,5)26(30)16-18-29(25,7)24(21)15-17-28(22,23)6/h11,14,19-20,22-24,26,30H,8-10,12-13,15-18H2,1-7H3. The van der Waals surface area contributed by atoms with E-state index in [1.54, 1.807) is 5.57 Å². The van der Waals surface area contributed by atoms with Crippen molar-refractivity contribution < 1.29 is 5.11 Å². The number of fused-ring (bicyclic) bond motifs is 5. The minimum Gasteiger partial charge on any atom is -0.392 e. The Morgan fingerprint density at radius 3 is 2.33 bits per heavy atom. The van der Waals surface area contributed by atoms with Crippen LogP contribution in [0.25, 0.3) is 0 Å². The zero-order valence-electron chi connectivity index (χ0n) is 20.9. The van der Waals surface area contributed by atoms with E-state index < -0.39 is 0 Å². The third-order valence-electron chi connectivity index (χ3n) is 10.6. The van der Waals surface area contributed by atoms with E-state index in [2.05, 4.69) is 60.6 Å². The topological polar surface area (TPSA) is 20.2 Å². The molecule has 1 nitrogen and oxygen atoms in total. The molecule has 170 valence electrons. The van der Waals surface area contributed by atoms with Gasteiger partial charge in [-0.2, -0.15) is 0 Å². The molecule has 0 aromatic carbocycles. The Morgan fingerprint density at radius 1 is 0.900 bits per heavy atom. The lowest BCUT2D eigenvalue weighted by Gasteiger charge is -2.58. The van der Waals surface area contributed by atoms with Crippen molar-refractivity contribution in [1.82, 2.24) is 0 Å². The second-order valence-electron chi connectivity index (χ2n) is 13.1. The van der Waals surface area contributed by atoms with E-state index in [1.165, 1.54) is 50.5 Å². The summed E-state index contributed by atoms with van der Waals surface area (Å²) < 4.78 is 0. The fraction of sp³-hybridized carbons (Fsp3) is 0.862. The van der Waals surface area contributed by atoms with E-state index in [4.69, 9.17) is 0 Å². The predicted molar refractivity (Wildman–Crippen MR) is 128 cm³/mol. The number of aliphatic hydroxyl groups is 1. The van der Waals surface area contributed by atoms with Crippen molar-refractivity contribution in [1.29, 1.82) is 0 Å². The zero-order chi connectivity index (χ0) is 21.9. The molecule has 0 amide bonds. The van der Waals surface area contributed by atoms with E-state index in [9.17, 15) is 5.11 Å². The van der Waals surface area contributed by atoms with Crippen LogP contribution in [0.5, 0.6) is 0 Å². The molecule has 0 spiro atoms. The minimum atomic E-state index is -0.191. The molecule has 7 atom stereocenters. The van der Waals surface area contributed by atoms with Crippen molar-refractivity contribution in [2.45, 2.75) is 112 Å². The van der Waals surface area contributed by atoms with E-state index in [1.807, 2.05) is 0 Å². The van der Waals surface area contributed by atoms with Gasteiger partial charge in [0.2, 0.25) is 0 Å². The highest BCUT2D eigenvalue weighted by Gasteiger charge is 2.59. The Bertz CT molecular complexity index is 712. The van der Waals surface area contributed by atoms with Crippen LogP contribution in [0.2, 0.25) is 0 Å². The Kier molecular flexibility index (Phi) is 5.87. The SMILES string of the molecule is CC(C)CCCC(C)C1CCC2C3=CC=C4C(C)(C)C(O)CCC4(C)C3CCC21C. The van der Waals surface area contributed by atoms with Gasteiger partial charge in [0.15, 0.2) is 0 Å². The lowest BCUT2D eigenvalue weighted by Crippen LogP contribution is -2.51. The highest BCUT2D eigenvalue weighted by molar-refractivity contribution is 5.41. The molecular weight excluding hydrogens is 364 g/mol. The van der Waals surface area contributed by atoms with Crippen LogP contribution in [-0.2, 0) is 0 Å². The summed E-state index contributed by atoms with van der Waals surface area (Å²) in [6.45, 7) is 17.0. The van der Waals surface area contributed by atoms with Crippen LogP contribution in [0.4, 0.5) is 0 Å². The number of hydrogen-bond donors (Lipinski definition) is 1. The summed E-state index contributed by atoms with van der Waals surface area (Å²) in [5, 5.41) is 10.7. The second-order valence-corrected chi connectivity index (χ2v) is 13.1. The molecule has 1 heteroatoms. The van der Waals surface area contributed by atoms with Crippen LogP contribution in [0.1, 0.15) is 106 Å². The summed E-state index contributed by atoms with van der Waals surface area (Å²) >= 11 is 0. The molecule has 0 radical (unpaired) electrons.